The summed E-state index contributed by atoms with van der Waals surface area (Å²) < 4.78 is 0. The molecule has 20 heavy (non-hydrogen) atoms. The van der Waals surface area contributed by atoms with Gasteiger partial charge in [-0.1, -0.05) is 23.3 Å². The minimum absolute atomic E-state index is 0.259. The molecular formula is C14H8N4O2. The standard InChI is InChI=1S/C14H8N4O2/c1-16-12-8-11-6-9(3-5-14(19)20)2-4-10(11)7-13(12)17-18-15/h2-8H,(H,19,20)/b5-3+. The van der Waals surface area contributed by atoms with Gasteiger partial charge in [0.05, 0.1) is 6.57 Å². The molecular weight excluding hydrogens is 256 g/mol. The number of aliphatic carboxylic acids is 1. The van der Waals surface area contributed by atoms with Crippen molar-refractivity contribution in [3.05, 3.63) is 63.8 Å². The van der Waals surface area contributed by atoms with Crippen molar-refractivity contribution >= 4 is 34.2 Å². The number of carboxylic acids is 1. The summed E-state index contributed by atoms with van der Waals surface area (Å²) in [5.74, 6) is -1.02. The Kier molecular flexibility index (Phi) is 3.66. The number of carbonyl (C=O) groups is 1. The fraction of sp³-hybridized carbons (Fsp3) is 0. The SMILES string of the molecule is [C-]#[N+]c1cc2cc(/C=C/C(=O)O)ccc2cc1N=[N+]=[N-]. The van der Waals surface area contributed by atoms with Crippen LogP contribution in [0, 0.1) is 6.57 Å². The first-order valence-corrected chi connectivity index (χ1v) is 5.55. The Bertz CT molecular complexity index is 812. The summed E-state index contributed by atoms with van der Waals surface area (Å²) in [6.07, 6.45) is 2.52. The van der Waals surface area contributed by atoms with Gasteiger partial charge in [0.1, 0.15) is 0 Å². The van der Waals surface area contributed by atoms with E-state index in [-0.39, 0.29) is 11.4 Å². The van der Waals surface area contributed by atoms with Crippen molar-refractivity contribution in [3.8, 4) is 0 Å². The van der Waals surface area contributed by atoms with E-state index in [0.717, 1.165) is 16.8 Å². The van der Waals surface area contributed by atoms with Gasteiger partial charge in [0.15, 0.2) is 5.69 Å². The molecule has 2 rings (SSSR count). The van der Waals surface area contributed by atoms with Gasteiger partial charge in [-0.05, 0) is 40.1 Å². The predicted molar refractivity (Wildman–Crippen MR) is 75.7 cm³/mol. The quantitative estimate of drug-likeness (QED) is 0.292. The molecule has 2 aromatic carbocycles. The van der Waals surface area contributed by atoms with Crippen LogP contribution in [0.25, 0.3) is 32.1 Å². The zero-order valence-electron chi connectivity index (χ0n) is 10.2. The van der Waals surface area contributed by atoms with E-state index < -0.39 is 5.97 Å². The van der Waals surface area contributed by atoms with Crippen LogP contribution in [0.3, 0.4) is 0 Å². The van der Waals surface area contributed by atoms with Crippen LogP contribution in [0.5, 0.6) is 0 Å². The average molecular weight is 264 g/mol. The Hall–Kier alpha value is -3.29. The maximum absolute atomic E-state index is 10.5. The molecule has 0 aliphatic heterocycles. The highest BCUT2D eigenvalue weighted by Crippen LogP contribution is 2.33. The van der Waals surface area contributed by atoms with Gasteiger partial charge < -0.3 is 5.11 Å². The summed E-state index contributed by atoms with van der Waals surface area (Å²) in [6.45, 7) is 7.08. The van der Waals surface area contributed by atoms with E-state index >= 15 is 0 Å². The van der Waals surface area contributed by atoms with E-state index in [1.54, 1.807) is 30.3 Å². The van der Waals surface area contributed by atoms with Crippen LogP contribution in [0.4, 0.5) is 11.4 Å². The third-order valence-electron chi connectivity index (χ3n) is 2.65. The second kappa shape index (κ2) is 5.57. The van der Waals surface area contributed by atoms with E-state index in [4.69, 9.17) is 17.2 Å². The van der Waals surface area contributed by atoms with Crippen LogP contribution in [-0.2, 0) is 4.79 Å². The van der Waals surface area contributed by atoms with E-state index in [1.165, 1.54) is 6.08 Å². The molecule has 0 aromatic heterocycles. The van der Waals surface area contributed by atoms with Gasteiger partial charge >= 0.3 is 5.97 Å². The lowest BCUT2D eigenvalue weighted by molar-refractivity contribution is -0.131. The number of azide groups is 1. The molecule has 0 fully saturated rings. The minimum atomic E-state index is -1.02. The number of hydrogen-bond donors (Lipinski definition) is 1. The molecule has 0 heterocycles. The second-order valence-corrected chi connectivity index (χ2v) is 3.92. The van der Waals surface area contributed by atoms with E-state index in [1.807, 2.05) is 0 Å². The first-order chi connectivity index (χ1) is 9.63. The van der Waals surface area contributed by atoms with Crippen LogP contribution in [-0.4, -0.2) is 11.1 Å². The first-order valence-electron chi connectivity index (χ1n) is 5.55. The van der Waals surface area contributed by atoms with Gasteiger partial charge in [0.25, 0.3) is 0 Å². The summed E-state index contributed by atoms with van der Waals surface area (Å²) in [5, 5.41) is 13.7. The van der Waals surface area contributed by atoms with Crippen LogP contribution < -0.4 is 0 Å². The highest BCUT2D eigenvalue weighted by atomic mass is 16.4. The number of rotatable bonds is 3. The summed E-state index contributed by atoms with van der Waals surface area (Å²) in [6, 6.07) is 8.54. The topological polar surface area (TPSA) is 90.4 Å². The summed E-state index contributed by atoms with van der Waals surface area (Å²) >= 11 is 0. The largest absolute Gasteiger partial charge is 0.478 e. The van der Waals surface area contributed by atoms with Crippen molar-refractivity contribution in [2.45, 2.75) is 0 Å². The number of fused-ring (bicyclic) bond motifs is 1. The number of carboxylic acid groups (broad SMARTS) is 1. The van der Waals surface area contributed by atoms with Crippen molar-refractivity contribution in [3.63, 3.8) is 0 Å². The molecule has 6 heteroatoms. The molecule has 0 saturated heterocycles. The Balaban J connectivity index is 2.59. The third kappa shape index (κ3) is 2.75. The maximum atomic E-state index is 10.5. The Morgan fingerprint density at radius 3 is 2.75 bits per heavy atom. The lowest BCUT2D eigenvalue weighted by atomic mass is 10.0. The average Bonchev–Trinajstić information content (AvgIpc) is 2.44. The minimum Gasteiger partial charge on any atom is -0.478 e. The fourth-order valence-corrected chi connectivity index (χ4v) is 1.78. The van der Waals surface area contributed by atoms with Gasteiger partial charge in [-0.15, -0.1) is 0 Å². The Morgan fingerprint density at radius 1 is 1.30 bits per heavy atom. The zero-order chi connectivity index (χ0) is 14.5. The first kappa shape index (κ1) is 13.1. The van der Waals surface area contributed by atoms with Crippen molar-refractivity contribution < 1.29 is 9.90 Å². The van der Waals surface area contributed by atoms with Gasteiger partial charge in [0.2, 0.25) is 0 Å². The van der Waals surface area contributed by atoms with Crippen LogP contribution >= 0.6 is 0 Å². The molecule has 0 aliphatic rings. The lowest BCUT2D eigenvalue weighted by Crippen LogP contribution is -1.85. The monoisotopic (exact) mass is 264 g/mol. The molecule has 96 valence electrons. The van der Waals surface area contributed by atoms with Crippen molar-refractivity contribution in [1.29, 1.82) is 0 Å². The fourth-order valence-electron chi connectivity index (χ4n) is 1.78. The highest BCUT2D eigenvalue weighted by molar-refractivity contribution is 5.93. The van der Waals surface area contributed by atoms with Crippen LogP contribution in [0.2, 0.25) is 0 Å². The lowest BCUT2D eigenvalue weighted by Gasteiger charge is -2.03. The molecule has 1 N–H and O–H groups in total. The zero-order valence-corrected chi connectivity index (χ0v) is 10.2. The van der Waals surface area contributed by atoms with E-state index in [0.29, 0.717) is 5.56 Å². The van der Waals surface area contributed by atoms with Crippen LogP contribution in [0.15, 0.2) is 41.5 Å². The highest BCUT2D eigenvalue weighted by Gasteiger charge is 2.04. The summed E-state index contributed by atoms with van der Waals surface area (Å²) in [5.41, 5.74) is 9.72. The van der Waals surface area contributed by atoms with Gasteiger partial charge in [0, 0.05) is 16.7 Å². The van der Waals surface area contributed by atoms with E-state index in [9.17, 15) is 4.79 Å². The molecule has 0 radical (unpaired) electrons. The summed E-state index contributed by atoms with van der Waals surface area (Å²) in [7, 11) is 0. The molecule has 0 atom stereocenters. The molecule has 0 saturated carbocycles. The Morgan fingerprint density at radius 2 is 2.10 bits per heavy atom. The van der Waals surface area contributed by atoms with E-state index in [2.05, 4.69) is 14.9 Å². The smallest absolute Gasteiger partial charge is 0.328 e. The van der Waals surface area contributed by atoms with Gasteiger partial charge in [-0.2, -0.15) is 0 Å². The number of benzene rings is 2. The Labute approximate surface area is 114 Å². The summed E-state index contributed by atoms with van der Waals surface area (Å²) in [4.78, 5) is 16.5. The van der Waals surface area contributed by atoms with Crippen molar-refractivity contribution in [2.24, 2.45) is 5.11 Å². The molecule has 6 nitrogen and oxygen atoms in total. The predicted octanol–water partition coefficient (Wildman–Crippen LogP) is 4.43. The van der Waals surface area contributed by atoms with Crippen LogP contribution in [0.1, 0.15) is 5.56 Å². The molecule has 0 amide bonds. The molecule has 2 aromatic rings. The van der Waals surface area contributed by atoms with Crippen molar-refractivity contribution in [1.82, 2.24) is 0 Å². The van der Waals surface area contributed by atoms with Gasteiger partial charge in [-0.25, -0.2) is 9.64 Å². The maximum Gasteiger partial charge on any atom is 0.328 e. The van der Waals surface area contributed by atoms with Crippen molar-refractivity contribution in [2.75, 3.05) is 0 Å². The normalized spacial score (nSPS) is 10.2. The molecule has 0 spiro atoms. The molecule has 0 aliphatic carbocycles. The number of nitrogens with zero attached hydrogens (tertiary/aromatic N) is 4. The van der Waals surface area contributed by atoms with Gasteiger partial charge in [-0.3, -0.25) is 0 Å². The molecule has 0 bridgehead atoms. The third-order valence-corrected chi connectivity index (χ3v) is 2.65. The molecule has 0 unspecified atom stereocenters. The number of hydrogen-bond acceptors (Lipinski definition) is 2. The second-order valence-electron chi connectivity index (χ2n) is 3.92.